The van der Waals surface area contributed by atoms with Crippen molar-refractivity contribution in [3.8, 4) is 0 Å². The van der Waals surface area contributed by atoms with Crippen LogP contribution in [0.25, 0.3) is 0 Å². The first-order valence-corrected chi connectivity index (χ1v) is 11.6. The lowest BCUT2D eigenvalue weighted by Crippen LogP contribution is -2.45. The first-order chi connectivity index (χ1) is 13.2. The lowest BCUT2D eigenvalue weighted by Gasteiger charge is -2.34. The lowest BCUT2D eigenvalue weighted by atomic mass is 9.96. The quantitative estimate of drug-likeness (QED) is 0.715. The van der Waals surface area contributed by atoms with E-state index in [0.29, 0.717) is 43.9 Å². The molecule has 0 saturated carbocycles. The van der Waals surface area contributed by atoms with E-state index in [1.807, 2.05) is 32.9 Å². The van der Waals surface area contributed by atoms with Crippen LogP contribution in [0.15, 0.2) is 17.0 Å². The highest BCUT2D eigenvalue weighted by Crippen LogP contribution is 2.29. The molecule has 0 atom stereocenters. The number of hydrogen-bond donors (Lipinski definition) is 1. The molecule has 0 spiro atoms. The molecular formula is C21H34N2O4S. The number of rotatable bonds is 8. The van der Waals surface area contributed by atoms with E-state index in [1.54, 1.807) is 4.90 Å². The number of nitrogens with zero attached hydrogens (tertiary/aromatic N) is 2. The van der Waals surface area contributed by atoms with Crippen LogP contribution >= 0.6 is 0 Å². The van der Waals surface area contributed by atoms with Crippen LogP contribution in [0.5, 0.6) is 0 Å². The first-order valence-electron chi connectivity index (χ1n) is 10.2. The van der Waals surface area contributed by atoms with Crippen molar-refractivity contribution in [1.82, 2.24) is 9.21 Å². The first kappa shape index (κ1) is 22.8. The van der Waals surface area contributed by atoms with Crippen molar-refractivity contribution in [2.24, 2.45) is 5.92 Å². The molecule has 1 N–H and O–H groups in total. The number of hydrogen-bond acceptors (Lipinski definition) is 4. The molecule has 0 unspecified atom stereocenters. The van der Waals surface area contributed by atoms with Crippen LogP contribution in [0.1, 0.15) is 49.3 Å². The standard InChI is InChI=1S/C21H34N2O4S/c1-5-6-9-22(12-13-24)21(25)19-7-10-23(11-8-19)28(26,27)20-17(3)14-16(2)15-18(20)4/h14-15,19,24H,5-13H2,1-4H3. The van der Waals surface area contributed by atoms with E-state index in [0.717, 1.165) is 29.5 Å². The van der Waals surface area contributed by atoms with Crippen molar-refractivity contribution >= 4 is 15.9 Å². The normalized spacial score (nSPS) is 16.3. The molecule has 1 aromatic carbocycles. The van der Waals surface area contributed by atoms with Gasteiger partial charge in [-0.15, -0.1) is 0 Å². The van der Waals surface area contributed by atoms with Gasteiger partial charge in [0.15, 0.2) is 0 Å². The minimum Gasteiger partial charge on any atom is -0.395 e. The molecule has 0 aromatic heterocycles. The third kappa shape index (κ3) is 5.13. The number of benzene rings is 1. The van der Waals surface area contributed by atoms with Crippen molar-refractivity contribution in [2.75, 3.05) is 32.8 Å². The Labute approximate surface area is 169 Å². The summed E-state index contributed by atoms with van der Waals surface area (Å²) >= 11 is 0. The summed E-state index contributed by atoms with van der Waals surface area (Å²) in [4.78, 5) is 14.9. The molecule has 7 heteroatoms. The average Bonchev–Trinajstić information content (AvgIpc) is 2.63. The molecule has 0 radical (unpaired) electrons. The maximum Gasteiger partial charge on any atom is 0.243 e. The molecule has 0 bridgehead atoms. The lowest BCUT2D eigenvalue weighted by molar-refractivity contribution is -0.137. The van der Waals surface area contributed by atoms with Crippen molar-refractivity contribution in [3.63, 3.8) is 0 Å². The van der Waals surface area contributed by atoms with Gasteiger partial charge in [-0.25, -0.2) is 8.42 Å². The van der Waals surface area contributed by atoms with Crippen LogP contribution < -0.4 is 0 Å². The average molecular weight is 411 g/mol. The summed E-state index contributed by atoms with van der Waals surface area (Å²) in [5, 5.41) is 9.25. The van der Waals surface area contributed by atoms with Gasteiger partial charge in [-0.1, -0.05) is 31.0 Å². The smallest absolute Gasteiger partial charge is 0.243 e. The molecule has 2 rings (SSSR count). The third-order valence-electron chi connectivity index (χ3n) is 5.47. The zero-order valence-electron chi connectivity index (χ0n) is 17.6. The summed E-state index contributed by atoms with van der Waals surface area (Å²) in [6.07, 6.45) is 2.94. The summed E-state index contributed by atoms with van der Waals surface area (Å²) in [7, 11) is -3.57. The number of amides is 1. The Morgan fingerprint density at radius 2 is 1.71 bits per heavy atom. The van der Waals surface area contributed by atoms with E-state index in [9.17, 15) is 18.3 Å². The Morgan fingerprint density at radius 1 is 1.14 bits per heavy atom. The molecule has 1 aromatic rings. The minimum absolute atomic E-state index is 0.0437. The summed E-state index contributed by atoms with van der Waals surface area (Å²) in [6, 6.07) is 3.80. The van der Waals surface area contributed by atoms with Gasteiger partial charge in [-0.05, 0) is 51.2 Å². The minimum atomic E-state index is -3.57. The van der Waals surface area contributed by atoms with E-state index in [1.165, 1.54) is 4.31 Å². The van der Waals surface area contributed by atoms with Gasteiger partial charge >= 0.3 is 0 Å². The van der Waals surface area contributed by atoms with Crippen LogP contribution in [-0.2, 0) is 14.8 Å². The van der Waals surface area contributed by atoms with Crippen LogP contribution in [-0.4, -0.2) is 61.4 Å². The van der Waals surface area contributed by atoms with Crippen LogP contribution in [0.3, 0.4) is 0 Å². The van der Waals surface area contributed by atoms with Crippen molar-refractivity contribution in [3.05, 3.63) is 28.8 Å². The monoisotopic (exact) mass is 410 g/mol. The van der Waals surface area contributed by atoms with E-state index >= 15 is 0 Å². The number of aliphatic hydroxyl groups excluding tert-OH is 1. The Balaban J connectivity index is 2.09. The highest BCUT2D eigenvalue weighted by atomic mass is 32.2. The fourth-order valence-electron chi connectivity index (χ4n) is 4.11. The van der Waals surface area contributed by atoms with Gasteiger partial charge in [-0.2, -0.15) is 4.31 Å². The maximum absolute atomic E-state index is 13.2. The number of piperidine rings is 1. The van der Waals surface area contributed by atoms with Gasteiger partial charge in [0.05, 0.1) is 11.5 Å². The van der Waals surface area contributed by atoms with Gasteiger partial charge in [0.1, 0.15) is 0 Å². The Kier molecular flexibility index (Phi) is 8.04. The summed E-state index contributed by atoms with van der Waals surface area (Å²) in [5.74, 6) is -0.127. The van der Waals surface area contributed by atoms with Crippen molar-refractivity contribution in [1.29, 1.82) is 0 Å². The zero-order valence-corrected chi connectivity index (χ0v) is 18.4. The second kappa shape index (κ2) is 9.85. The van der Waals surface area contributed by atoms with Gasteiger partial charge < -0.3 is 10.0 Å². The predicted molar refractivity (Wildman–Crippen MR) is 111 cm³/mol. The third-order valence-corrected chi connectivity index (χ3v) is 7.67. The molecule has 1 heterocycles. The fraction of sp³-hybridized carbons (Fsp3) is 0.667. The molecular weight excluding hydrogens is 376 g/mol. The van der Waals surface area contributed by atoms with Gasteiger partial charge in [0.25, 0.3) is 0 Å². The zero-order chi connectivity index (χ0) is 20.9. The van der Waals surface area contributed by atoms with Gasteiger partial charge in [0, 0.05) is 32.1 Å². The second-order valence-corrected chi connectivity index (χ2v) is 9.68. The largest absolute Gasteiger partial charge is 0.395 e. The molecule has 1 aliphatic rings. The second-order valence-electron chi connectivity index (χ2n) is 7.81. The molecule has 1 aliphatic heterocycles. The molecule has 28 heavy (non-hydrogen) atoms. The molecule has 1 saturated heterocycles. The Bertz CT molecular complexity index is 761. The van der Waals surface area contributed by atoms with E-state index in [2.05, 4.69) is 6.92 Å². The fourth-order valence-corrected chi connectivity index (χ4v) is 5.99. The van der Waals surface area contributed by atoms with Crippen LogP contribution in [0.4, 0.5) is 0 Å². The van der Waals surface area contributed by atoms with Crippen molar-refractivity contribution < 1.29 is 18.3 Å². The number of carbonyl (C=O) groups is 1. The topological polar surface area (TPSA) is 77.9 Å². The maximum atomic E-state index is 13.2. The van der Waals surface area contributed by atoms with E-state index < -0.39 is 10.0 Å². The number of sulfonamides is 1. The number of aliphatic hydroxyl groups is 1. The molecule has 1 fully saturated rings. The molecule has 6 nitrogen and oxygen atoms in total. The van der Waals surface area contributed by atoms with E-state index in [4.69, 9.17) is 0 Å². The summed E-state index contributed by atoms with van der Waals surface area (Å²) in [6.45, 7) is 9.36. The summed E-state index contributed by atoms with van der Waals surface area (Å²) in [5.41, 5.74) is 2.59. The highest BCUT2D eigenvalue weighted by molar-refractivity contribution is 7.89. The Morgan fingerprint density at radius 3 is 2.21 bits per heavy atom. The van der Waals surface area contributed by atoms with Crippen LogP contribution in [0, 0.1) is 26.7 Å². The number of aryl methyl sites for hydroxylation is 3. The number of unbranched alkanes of at least 4 members (excludes halogenated alkanes) is 1. The van der Waals surface area contributed by atoms with Crippen LogP contribution in [0.2, 0.25) is 0 Å². The Hall–Kier alpha value is -1.44. The highest BCUT2D eigenvalue weighted by Gasteiger charge is 2.34. The molecule has 0 aliphatic carbocycles. The van der Waals surface area contributed by atoms with Gasteiger partial charge in [-0.3, -0.25) is 4.79 Å². The molecule has 158 valence electrons. The molecule has 1 amide bonds. The van der Waals surface area contributed by atoms with Crippen molar-refractivity contribution in [2.45, 2.75) is 58.3 Å². The van der Waals surface area contributed by atoms with E-state index in [-0.39, 0.29) is 18.4 Å². The number of carbonyl (C=O) groups excluding carboxylic acids is 1. The SMILES string of the molecule is CCCCN(CCO)C(=O)C1CCN(S(=O)(=O)c2c(C)cc(C)cc2C)CC1. The van der Waals surface area contributed by atoms with Gasteiger partial charge in [0.2, 0.25) is 15.9 Å². The predicted octanol–water partition coefficient (Wildman–Crippen LogP) is 2.63. The summed E-state index contributed by atoms with van der Waals surface area (Å²) < 4.78 is 27.9.